The number of hydrogen-bond donors (Lipinski definition) is 0. The van der Waals surface area contributed by atoms with Crippen molar-refractivity contribution >= 4 is 0 Å². The van der Waals surface area contributed by atoms with Crippen LogP contribution in [-0.4, -0.2) is 18.0 Å². The molecule has 1 aliphatic carbocycles. The van der Waals surface area contributed by atoms with Crippen molar-refractivity contribution in [2.45, 2.75) is 50.9 Å². The predicted molar refractivity (Wildman–Crippen MR) is 94.2 cm³/mol. The van der Waals surface area contributed by atoms with Crippen LogP contribution < -0.4 is 0 Å². The van der Waals surface area contributed by atoms with Crippen LogP contribution in [0.25, 0.3) is 0 Å². The van der Waals surface area contributed by atoms with E-state index < -0.39 is 5.67 Å². The summed E-state index contributed by atoms with van der Waals surface area (Å²) < 4.78 is 14.0. The number of aryl methyl sites for hydroxylation is 1. The fourth-order valence-electron chi connectivity index (χ4n) is 2.99. The quantitative estimate of drug-likeness (QED) is 0.688. The molecule has 1 aliphatic rings. The first-order valence-electron chi connectivity index (χ1n) is 8.59. The summed E-state index contributed by atoms with van der Waals surface area (Å²) in [5.74, 6) is 0. The molecular formula is C21H26FN. The number of benzene rings is 2. The van der Waals surface area contributed by atoms with E-state index in [0.29, 0.717) is 18.9 Å². The maximum Gasteiger partial charge on any atom is 0.136 e. The molecule has 1 fully saturated rings. The summed E-state index contributed by atoms with van der Waals surface area (Å²) in [7, 11) is 2.18. The molecule has 0 bridgehead atoms. The largest absolute Gasteiger partial charge is 0.299 e. The summed E-state index contributed by atoms with van der Waals surface area (Å²) in [6, 6.07) is 19.2. The van der Waals surface area contributed by atoms with Gasteiger partial charge in [-0.15, -0.1) is 0 Å². The molecular weight excluding hydrogens is 285 g/mol. The molecule has 0 amide bonds. The van der Waals surface area contributed by atoms with Gasteiger partial charge in [-0.3, -0.25) is 4.90 Å². The van der Waals surface area contributed by atoms with E-state index in [1.165, 1.54) is 11.1 Å². The van der Waals surface area contributed by atoms with Crippen molar-refractivity contribution < 1.29 is 4.39 Å². The Morgan fingerprint density at radius 1 is 1.00 bits per heavy atom. The van der Waals surface area contributed by atoms with E-state index in [0.717, 1.165) is 24.9 Å². The third kappa shape index (κ3) is 4.20. The summed E-state index contributed by atoms with van der Waals surface area (Å²) in [5.41, 5.74) is 2.50. The van der Waals surface area contributed by atoms with Crippen LogP contribution in [0.5, 0.6) is 0 Å². The lowest BCUT2D eigenvalue weighted by molar-refractivity contribution is 0.238. The molecule has 23 heavy (non-hydrogen) atoms. The van der Waals surface area contributed by atoms with Gasteiger partial charge in [-0.1, -0.05) is 54.6 Å². The predicted octanol–water partition coefficient (Wildman–Crippen LogP) is 5.10. The average Bonchev–Trinajstić information content (AvgIpc) is 3.33. The van der Waals surface area contributed by atoms with E-state index in [1.54, 1.807) is 0 Å². The first kappa shape index (κ1) is 16.2. The van der Waals surface area contributed by atoms with Crippen molar-refractivity contribution in [2.24, 2.45) is 0 Å². The lowest BCUT2D eigenvalue weighted by Crippen LogP contribution is -2.29. The van der Waals surface area contributed by atoms with E-state index >= 15 is 0 Å². The second kappa shape index (κ2) is 6.84. The second-order valence-corrected chi connectivity index (χ2v) is 6.95. The molecule has 1 nitrogen and oxygen atoms in total. The third-order valence-corrected chi connectivity index (χ3v) is 5.04. The maximum absolute atomic E-state index is 14.0. The molecule has 0 N–H and O–H groups in total. The molecule has 122 valence electrons. The molecule has 0 heterocycles. The Morgan fingerprint density at radius 2 is 1.65 bits per heavy atom. The first-order chi connectivity index (χ1) is 11.1. The molecule has 1 unspecified atom stereocenters. The zero-order valence-corrected chi connectivity index (χ0v) is 14.1. The van der Waals surface area contributed by atoms with Gasteiger partial charge in [-0.05, 0) is 56.3 Å². The molecule has 1 atom stereocenters. The van der Waals surface area contributed by atoms with E-state index in [-0.39, 0.29) is 0 Å². The smallest absolute Gasteiger partial charge is 0.136 e. The summed E-state index contributed by atoms with van der Waals surface area (Å²) in [6.45, 7) is 3.25. The van der Waals surface area contributed by atoms with E-state index in [9.17, 15) is 4.39 Å². The highest BCUT2D eigenvalue weighted by molar-refractivity contribution is 5.31. The summed E-state index contributed by atoms with van der Waals surface area (Å²) >= 11 is 0. The number of rotatable bonds is 7. The van der Waals surface area contributed by atoms with Gasteiger partial charge < -0.3 is 0 Å². The summed E-state index contributed by atoms with van der Waals surface area (Å²) in [6.07, 6.45) is 3.53. The van der Waals surface area contributed by atoms with Crippen LogP contribution in [0.2, 0.25) is 0 Å². The molecule has 2 aromatic carbocycles. The van der Waals surface area contributed by atoms with Crippen LogP contribution in [0.15, 0.2) is 54.6 Å². The van der Waals surface area contributed by atoms with E-state index in [1.807, 2.05) is 12.1 Å². The van der Waals surface area contributed by atoms with Crippen LogP contribution >= 0.6 is 0 Å². The number of hydrogen-bond acceptors (Lipinski definition) is 1. The van der Waals surface area contributed by atoms with Gasteiger partial charge >= 0.3 is 0 Å². The fourth-order valence-corrected chi connectivity index (χ4v) is 2.99. The molecule has 0 saturated heterocycles. The maximum atomic E-state index is 14.0. The van der Waals surface area contributed by atoms with Crippen LogP contribution in [-0.2, 0) is 18.6 Å². The Morgan fingerprint density at radius 3 is 2.26 bits per heavy atom. The minimum absolute atomic E-state index is 0.519. The van der Waals surface area contributed by atoms with Gasteiger partial charge in [0.05, 0.1) is 0 Å². The second-order valence-electron chi connectivity index (χ2n) is 6.95. The third-order valence-electron chi connectivity index (χ3n) is 5.04. The van der Waals surface area contributed by atoms with Gasteiger partial charge in [-0.25, -0.2) is 4.39 Å². The van der Waals surface area contributed by atoms with Gasteiger partial charge in [0, 0.05) is 12.6 Å². The SMILES string of the molecule is CC(CCc1ccc(C2(F)CC2)cc1)N(C)Cc1ccccc1. The number of halogens is 1. The monoisotopic (exact) mass is 311 g/mol. The van der Waals surface area contributed by atoms with Crippen molar-refractivity contribution in [3.8, 4) is 0 Å². The molecule has 2 aromatic rings. The lowest BCUT2D eigenvalue weighted by Gasteiger charge is -2.25. The van der Waals surface area contributed by atoms with Gasteiger partial charge in [0.1, 0.15) is 5.67 Å². The van der Waals surface area contributed by atoms with Gasteiger partial charge in [0.15, 0.2) is 0 Å². The number of alkyl halides is 1. The van der Waals surface area contributed by atoms with Crippen molar-refractivity contribution in [1.82, 2.24) is 4.90 Å². The zero-order valence-electron chi connectivity index (χ0n) is 14.1. The fraction of sp³-hybridized carbons (Fsp3) is 0.429. The molecule has 0 aromatic heterocycles. The van der Waals surface area contributed by atoms with E-state index in [4.69, 9.17) is 0 Å². The first-order valence-corrected chi connectivity index (χ1v) is 8.59. The van der Waals surface area contributed by atoms with Crippen LogP contribution in [0.1, 0.15) is 42.9 Å². The van der Waals surface area contributed by atoms with Gasteiger partial charge in [0.25, 0.3) is 0 Å². The standard InChI is InChI=1S/C21H26FN/c1-17(23(2)16-19-6-4-3-5-7-19)8-9-18-10-12-20(13-11-18)21(22)14-15-21/h3-7,10-13,17H,8-9,14-16H2,1-2H3. The Hall–Kier alpha value is -1.67. The highest BCUT2D eigenvalue weighted by atomic mass is 19.1. The van der Waals surface area contributed by atoms with Gasteiger partial charge in [-0.2, -0.15) is 0 Å². The molecule has 0 spiro atoms. The molecule has 0 aliphatic heterocycles. The minimum atomic E-state index is -1.01. The molecule has 2 heteroatoms. The van der Waals surface area contributed by atoms with E-state index in [2.05, 4.69) is 61.3 Å². The Kier molecular flexibility index (Phi) is 4.82. The topological polar surface area (TPSA) is 3.24 Å². The zero-order chi connectivity index (χ0) is 16.3. The molecule has 1 saturated carbocycles. The molecule has 0 radical (unpaired) electrons. The van der Waals surface area contributed by atoms with Crippen LogP contribution in [0.4, 0.5) is 4.39 Å². The number of nitrogens with zero attached hydrogens (tertiary/aromatic N) is 1. The van der Waals surface area contributed by atoms with Crippen molar-refractivity contribution in [3.05, 3.63) is 71.3 Å². The Balaban J connectivity index is 1.49. The summed E-state index contributed by atoms with van der Waals surface area (Å²) in [5, 5.41) is 0. The van der Waals surface area contributed by atoms with Crippen molar-refractivity contribution in [1.29, 1.82) is 0 Å². The molecule has 3 rings (SSSR count). The Labute approximate surface area is 139 Å². The Bertz CT molecular complexity index is 616. The highest BCUT2D eigenvalue weighted by Crippen LogP contribution is 2.49. The van der Waals surface area contributed by atoms with Gasteiger partial charge in [0.2, 0.25) is 0 Å². The minimum Gasteiger partial charge on any atom is -0.299 e. The average molecular weight is 311 g/mol. The van der Waals surface area contributed by atoms with Crippen LogP contribution in [0.3, 0.4) is 0 Å². The highest BCUT2D eigenvalue weighted by Gasteiger charge is 2.44. The lowest BCUT2D eigenvalue weighted by atomic mass is 10.0. The van der Waals surface area contributed by atoms with Crippen LogP contribution in [0, 0.1) is 0 Å². The van der Waals surface area contributed by atoms with Crippen molar-refractivity contribution in [2.75, 3.05) is 7.05 Å². The summed E-state index contributed by atoms with van der Waals surface area (Å²) in [4.78, 5) is 2.39. The normalized spacial score (nSPS) is 17.2. The van der Waals surface area contributed by atoms with Crippen molar-refractivity contribution in [3.63, 3.8) is 0 Å².